The molecule has 2 aliphatic carbocycles. The molecule has 0 heterocycles. The normalized spacial score (nSPS) is 20.2. The van der Waals surface area contributed by atoms with Gasteiger partial charge in [0.2, 0.25) is 5.91 Å². The Morgan fingerprint density at radius 1 is 1.03 bits per heavy atom. The third-order valence-corrected chi connectivity index (χ3v) is 6.29. The second kappa shape index (κ2) is 9.23. The van der Waals surface area contributed by atoms with Gasteiger partial charge in [0.15, 0.2) is 0 Å². The zero-order valence-corrected chi connectivity index (χ0v) is 18.4. The number of carboxylic acids is 1. The number of ether oxygens (including phenoxy) is 1. The van der Waals surface area contributed by atoms with Crippen LogP contribution >= 0.6 is 0 Å². The Bertz CT molecular complexity index is 1020. The Labute approximate surface area is 192 Å². The van der Waals surface area contributed by atoms with Crippen molar-refractivity contribution in [3.05, 3.63) is 59.7 Å². The smallest absolute Gasteiger partial charge is 0.407 e. The molecule has 0 aliphatic heterocycles. The highest BCUT2D eigenvalue weighted by Gasteiger charge is 2.43. The first-order chi connectivity index (χ1) is 15.7. The van der Waals surface area contributed by atoms with Gasteiger partial charge in [0.25, 0.3) is 0 Å². The number of carbonyl (C=O) groups is 3. The van der Waals surface area contributed by atoms with Crippen LogP contribution < -0.4 is 10.6 Å². The molecule has 0 aromatic heterocycles. The number of fused-ring (bicyclic) bond motifs is 3. The van der Waals surface area contributed by atoms with Crippen molar-refractivity contribution in [2.24, 2.45) is 11.8 Å². The molecule has 8 heteroatoms. The second-order valence-corrected chi connectivity index (χ2v) is 9.09. The van der Waals surface area contributed by atoms with Crippen molar-refractivity contribution < 1.29 is 29.3 Å². The lowest BCUT2D eigenvalue weighted by atomic mass is 9.98. The molecule has 2 aromatic rings. The number of alkyl carbamates (subject to hydrolysis) is 1. The molecule has 33 heavy (non-hydrogen) atoms. The monoisotopic (exact) mass is 452 g/mol. The van der Waals surface area contributed by atoms with Crippen LogP contribution in [0.15, 0.2) is 48.5 Å². The minimum Gasteiger partial charge on any atom is -0.481 e. The summed E-state index contributed by atoms with van der Waals surface area (Å²) in [5, 5.41) is 24.1. The third-order valence-electron chi connectivity index (χ3n) is 6.29. The van der Waals surface area contributed by atoms with Crippen LogP contribution in [0.5, 0.6) is 0 Å². The minimum atomic E-state index is -1.51. The maximum atomic E-state index is 12.3. The molecule has 3 atom stereocenters. The Balaban J connectivity index is 1.21. The number of hydrogen-bond acceptors (Lipinski definition) is 5. The van der Waals surface area contributed by atoms with E-state index >= 15 is 0 Å². The quantitative estimate of drug-likeness (QED) is 0.463. The van der Waals surface area contributed by atoms with Crippen LogP contribution in [0.2, 0.25) is 0 Å². The fourth-order valence-corrected chi connectivity index (χ4v) is 4.46. The summed E-state index contributed by atoms with van der Waals surface area (Å²) in [6.45, 7) is 1.78. The van der Waals surface area contributed by atoms with E-state index in [1.54, 1.807) is 0 Å². The van der Waals surface area contributed by atoms with Gasteiger partial charge < -0.3 is 25.6 Å². The SMILES string of the molecule is CC(O)(CNC(=O)[C@H]1C[C@H]1CNC(=O)OCC1c2ccccc2-c2ccccc21)CC(=O)O. The van der Waals surface area contributed by atoms with Crippen molar-refractivity contribution in [2.75, 3.05) is 19.7 Å². The van der Waals surface area contributed by atoms with Gasteiger partial charge in [-0.3, -0.25) is 9.59 Å². The van der Waals surface area contributed by atoms with Crippen LogP contribution in [0.25, 0.3) is 11.1 Å². The minimum absolute atomic E-state index is 0.00472. The molecular formula is C25H28N2O6. The van der Waals surface area contributed by atoms with Gasteiger partial charge in [-0.2, -0.15) is 0 Å². The Hall–Kier alpha value is -3.39. The number of hydrogen-bond donors (Lipinski definition) is 4. The Morgan fingerprint density at radius 2 is 1.64 bits per heavy atom. The molecule has 0 saturated heterocycles. The molecule has 0 spiro atoms. The third kappa shape index (κ3) is 5.34. The summed E-state index contributed by atoms with van der Waals surface area (Å²) in [6.07, 6.45) is -0.353. The average molecular weight is 453 g/mol. The van der Waals surface area contributed by atoms with Gasteiger partial charge in [0.05, 0.1) is 12.0 Å². The molecule has 2 aliphatic rings. The number of carboxylic acid groups (broad SMARTS) is 1. The topological polar surface area (TPSA) is 125 Å². The number of aliphatic carboxylic acids is 1. The number of aliphatic hydroxyl groups is 1. The molecule has 4 N–H and O–H groups in total. The number of nitrogens with one attached hydrogen (secondary N) is 2. The van der Waals surface area contributed by atoms with Crippen molar-refractivity contribution >= 4 is 18.0 Å². The average Bonchev–Trinajstić information content (AvgIpc) is 3.49. The number of amides is 2. The van der Waals surface area contributed by atoms with E-state index < -0.39 is 24.1 Å². The van der Waals surface area contributed by atoms with Crippen LogP contribution in [-0.2, 0) is 14.3 Å². The molecule has 0 bridgehead atoms. The maximum Gasteiger partial charge on any atom is 0.407 e. The highest BCUT2D eigenvalue weighted by molar-refractivity contribution is 5.82. The largest absolute Gasteiger partial charge is 0.481 e. The zero-order valence-electron chi connectivity index (χ0n) is 18.4. The van der Waals surface area contributed by atoms with E-state index in [-0.39, 0.29) is 36.8 Å². The lowest BCUT2D eigenvalue weighted by Gasteiger charge is -2.21. The maximum absolute atomic E-state index is 12.3. The van der Waals surface area contributed by atoms with Gasteiger partial charge in [0, 0.05) is 24.9 Å². The van der Waals surface area contributed by atoms with Crippen LogP contribution in [0.3, 0.4) is 0 Å². The molecule has 1 saturated carbocycles. The molecule has 2 amide bonds. The van der Waals surface area contributed by atoms with Gasteiger partial charge in [0.1, 0.15) is 6.61 Å². The van der Waals surface area contributed by atoms with E-state index in [2.05, 4.69) is 34.9 Å². The summed E-state index contributed by atoms with van der Waals surface area (Å²) in [7, 11) is 0. The van der Waals surface area contributed by atoms with Crippen molar-refractivity contribution in [2.45, 2.75) is 31.3 Å². The fourth-order valence-electron chi connectivity index (χ4n) is 4.46. The fraction of sp³-hybridized carbons (Fsp3) is 0.400. The summed E-state index contributed by atoms with van der Waals surface area (Å²) in [5.41, 5.74) is 3.10. The second-order valence-electron chi connectivity index (χ2n) is 9.09. The van der Waals surface area contributed by atoms with E-state index in [1.165, 1.54) is 6.92 Å². The molecular weight excluding hydrogens is 424 g/mol. The van der Waals surface area contributed by atoms with E-state index in [0.29, 0.717) is 13.0 Å². The number of rotatable bonds is 9. The van der Waals surface area contributed by atoms with Gasteiger partial charge in [-0.05, 0) is 41.5 Å². The summed E-state index contributed by atoms with van der Waals surface area (Å²) in [4.78, 5) is 35.2. The van der Waals surface area contributed by atoms with Gasteiger partial charge in [-0.1, -0.05) is 48.5 Å². The highest BCUT2D eigenvalue weighted by atomic mass is 16.5. The first-order valence-corrected chi connectivity index (χ1v) is 11.1. The van der Waals surface area contributed by atoms with E-state index in [9.17, 15) is 19.5 Å². The summed E-state index contributed by atoms with van der Waals surface area (Å²) in [5.74, 6) is -1.67. The lowest BCUT2D eigenvalue weighted by molar-refractivity contribution is -0.142. The number of benzene rings is 2. The van der Waals surface area contributed by atoms with Crippen LogP contribution in [0, 0.1) is 11.8 Å². The molecule has 1 unspecified atom stereocenters. The first kappa shape index (κ1) is 22.8. The molecule has 4 rings (SSSR count). The van der Waals surface area contributed by atoms with E-state index in [0.717, 1.165) is 22.3 Å². The highest BCUT2D eigenvalue weighted by Crippen LogP contribution is 2.44. The van der Waals surface area contributed by atoms with Crippen LogP contribution in [0.1, 0.15) is 36.8 Å². The molecule has 174 valence electrons. The van der Waals surface area contributed by atoms with Crippen LogP contribution in [0.4, 0.5) is 4.79 Å². The van der Waals surface area contributed by atoms with Crippen molar-refractivity contribution in [3.8, 4) is 11.1 Å². The molecule has 8 nitrogen and oxygen atoms in total. The molecule has 2 aromatic carbocycles. The standard InChI is InChI=1S/C25H28N2O6/c1-25(32,11-22(28)29)14-27-23(30)20-10-15(20)12-26-24(31)33-13-21-18-8-4-2-6-16(18)17-7-3-5-9-19(17)21/h2-9,15,20-21,32H,10-14H2,1H3,(H,26,31)(H,27,30)(H,28,29)/t15-,20-,25?/m0/s1. The first-order valence-electron chi connectivity index (χ1n) is 11.1. The van der Waals surface area contributed by atoms with Gasteiger partial charge >= 0.3 is 12.1 Å². The molecule has 0 radical (unpaired) electrons. The summed E-state index contributed by atoms with van der Waals surface area (Å²) in [6, 6.07) is 16.2. The van der Waals surface area contributed by atoms with Crippen molar-refractivity contribution in [1.29, 1.82) is 0 Å². The van der Waals surface area contributed by atoms with Gasteiger partial charge in [-0.25, -0.2) is 4.79 Å². The van der Waals surface area contributed by atoms with E-state index in [4.69, 9.17) is 9.84 Å². The van der Waals surface area contributed by atoms with Gasteiger partial charge in [-0.15, -0.1) is 0 Å². The predicted octanol–water partition coefficient (Wildman–Crippen LogP) is 2.50. The van der Waals surface area contributed by atoms with Crippen molar-refractivity contribution in [3.63, 3.8) is 0 Å². The molecule has 1 fully saturated rings. The number of carbonyl (C=O) groups excluding carboxylic acids is 2. The Morgan fingerprint density at radius 3 is 2.24 bits per heavy atom. The lowest BCUT2D eigenvalue weighted by Crippen LogP contribution is -2.43. The van der Waals surface area contributed by atoms with Crippen LogP contribution in [-0.4, -0.2) is 53.5 Å². The summed E-state index contributed by atoms with van der Waals surface area (Å²) >= 11 is 0. The zero-order chi connectivity index (χ0) is 23.6. The summed E-state index contributed by atoms with van der Waals surface area (Å²) < 4.78 is 5.50. The van der Waals surface area contributed by atoms with Crippen molar-refractivity contribution in [1.82, 2.24) is 10.6 Å². The van der Waals surface area contributed by atoms with E-state index in [1.807, 2.05) is 24.3 Å². The predicted molar refractivity (Wildman–Crippen MR) is 121 cm³/mol. The Kier molecular flexibility index (Phi) is 6.37.